The molecular formula is C24H31NO3S. The van der Waals surface area contributed by atoms with Crippen molar-refractivity contribution in [3.8, 4) is 5.75 Å². The first-order valence-corrected chi connectivity index (χ1v) is 11.6. The first-order valence-electron chi connectivity index (χ1n) is 10.8. The van der Waals surface area contributed by atoms with Crippen molar-refractivity contribution in [2.75, 3.05) is 30.7 Å². The predicted octanol–water partition coefficient (Wildman–Crippen LogP) is 4.88. The van der Waals surface area contributed by atoms with Gasteiger partial charge in [0.25, 0.3) is 0 Å². The molecule has 2 heterocycles. The molecule has 1 atom stereocenters. The lowest BCUT2D eigenvalue weighted by atomic mass is 9.94. The second kappa shape index (κ2) is 9.88. The van der Waals surface area contributed by atoms with Crippen LogP contribution in [0.5, 0.6) is 5.75 Å². The number of rotatable bonds is 7. The molecule has 5 heteroatoms. The molecule has 0 amide bonds. The highest BCUT2D eigenvalue weighted by molar-refractivity contribution is 8.00. The minimum absolute atomic E-state index is 0.0471. The second-order valence-electron chi connectivity index (χ2n) is 7.87. The lowest BCUT2D eigenvalue weighted by Crippen LogP contribution is -2.34. The maximum atomic E-state index is 9.76. The zero-order valence-corrected chi connectivity index (χ0v) is 18.0. The van der Waals surface area contributed by atoms with Gasteiger partial charge in [0.1, 0.15) is 11.9 Å². The Morgan fingerprint density at radius 3 is 2.69 bits per heavy atom. The molecule has 4 nitrogen and oxygen atoms in total. The van der Waals surface area contributed by atoms with E-state index in [0.29, 0.717) is 5.92 Å². The van der Waals surface area contributed by atoms with Crippen molar-refractivity contribution >= 4 is 17.6 Å². The number of aliphatic hydroxyl groups is 1. The minimum atomic E-state index is -0.154. The number of nitrogens with zero attached hydrogens (tertiary/aromatic N) is 1. The van der Waals surface area contributed by atoms with Gasteiger partial charge in [0, 0.05) is 30.6 Å². The van der Waals surface area contributed by atoms with Crippen LogP contribution in [0.2, 0.25) is 0 Å². The number of benzene rings is 2. The molecule has 0 spiro atoms. The molecule has 1 N–H and O–H groups in total. The smallest absolute Gasteiger partial charge is 0.125 e. The first-order chi connectivity index (χ1) is 14.3. The Morgan fingerprint density at radius 2 is 1.97 bits per heavy atom. The lowest BCUT2D eigenvalue weighted by Gasteiger charge is -2.31. The molecule has 0 bridgehead atoms. The van der Waals surface area contributed by atoms with E-state index in [1.807, 2.05) is 12.1 Å². The van der Waals surface area contributed by atoms with E-state index in [9.17, 15) is 5.11 Å². The number of aliphatic hydroxyl groups excluding tert-OH is 1. The fourth-order valence-corrected chi connectivity index (χ4v) is 5.19. The molecular weight excluding hydrogens is 382 g/mol. The fraction of sp³-hybridized carbons (Fsp3) is 0.500. The predicted molar refractivity (Wildman–Crippen MR) is 119 cm³/mol. The van der Waals surface area contributed by atoms with Crippen molar-refractivity contribution in [2.45, 2.75) is 50.0 Å². The number of anilines is 1. The summed E-state index contributed by atoms with van der Waals surface area (Å²) in [7, 11) is 0. The zero-order chi connectivity index (χ0) is 20.1. The summed E-state index contributed by atoms with van der Waals surface area (Å²) in [6, 6.07) is 15.2. The van der Waals surface area contributed by atoms with E-state index < -0.39 is 0 Å². The van der Waals surface area contributed by atoms with Crippen LogP contribution in [0, 0.1) is 5.92 Å². The monoisotopic (exact) mass is 413 g/mol. The van der Waals surface area contributed by atoms with Crippen LogP contribution in [-0.2, 0) is 17.6 Å². The Hall–Kier alpha value is -1.69. The third kappa shape index (κ3) is 5.08. The van der Waals surface area contributed by atoms with E-state index in [-0.39, 0.29) is 12.7 Å². The minimum Gasteiger partial charge on any atom is -0.488 e. The number of fused-ring (bicyclic) bond motifs is 1. The van der Waals surface area contributed by atoms with Crippen molar-refractivity contribution in [3.63, 3.8) is 0 Å². The average molecular weight is 414 g/mol. The van der Waals surface area contributed by atoms with Crippen molar-refractivity contribution in [1.82, 2.24) is 0 Å². The largest absolute Gasteiger partial charge is 0.488 e. The number of hydrogen-bond donors (Lipinski definition) is 1. The summed E-state index contributed by atoms with van der Waals surface area (Å²) in [5, 5.41) is 9.76. The van der Waals surface area contributed by atoms with E-state index in [0.717, 1.165) is 44.8 Å². The van der Waals surface area contributed by atoms with E-state index in [1.165, 1.54) is 34.6 Å². The van der Waals surface area contributed by atoms with Crippen LogP contribution in [-0.4, -0.2) is 37.6 Å². The van der Waals surface area contributed by atoms with Gasteiger partial charge in [-0.2, -0.15) is 0 Å². The maximum absolute atomic E-state index is 9.76. The lowest BCUT2D eigenvalue weighted by molar-refractivity contribution is -0.00306. The highest BCUT2D eigenvalue weighted by Gasteiger charge is 2.25. The quantitative estimate of drug-likeness (QED) is 0.656. The average Bonchev–Trinajstić information content (AvgIpc) is 2.79. The standard InChI is InChI=1S/C24H31NO3S/c1-2-18-5-10-23-20(16-18)4-3-13-25(23)29-22-8-6-21(7-9-22)28-24(17-26)19-11-14-27-15-12-19/h5-10,16,19,24,26H,2-4,11-15,17H2,1H3. The highest BCUT2D eigenvalue weighted by atomic mass is 32.2. The molecule has 0 aromatic heterocycles. The van der Waals surface area contributed by atoms with Crippen LogP contribution in [0.1, 0.15) is 37.3 Å². The SMILES string of the molecule is CCc1ccc2c(c1)CCCN2Sc1ccc(OC(CO)C2CCOCC2)cc1. The third-order valence-electron chi connectivity index (χ3n) is 5.93. The van der Waals surface area contributed by atoms with E-state index in [1.54, 1.807) is 11.9 Å². The van der Waals surface area contributed by atoms with E-state index in [4.69, 9.17) is 9.47 Å². The summed E-state index contributed by atoms with van der Waals surface area (Å²) in [6.07, 6.45) is 5.20. The number of hydrogen-bond acceptors (Lipinski definition) is 5. The molecule has 1 fully saturated rings. The summed E-state index contributed by atoms with van der Waals surface area (Å²) in [5.74, 6) is 1.19. The highest BCUT2D eigenvalue weighted by Crippen LogP contribution is 2.36. The third-order valence-corrected chi connectivity index (χ3v) is 7.01. The van der Waals surface area contributed by atoms with Gasteiger partial charge in [-0.3, -0.25) is 0 Å². The number of ether oxygens (including phenoxy) is 2. The van der Waals surface area contributed by atoms with Crippen LogP contribution >= 0.6 is 11.9 Å². The van der Waals surface area contributed by atoms with Crippen molar-refractivity contribution in [2.24, 2.45) is 5.92 Å². The van der Waals surface area contributed by atoms with Crippen molar-refractivity contribution < 1.29 is 14.6 Å². The van der Waals surface area contributed by atoms with Gasteiger partial charge in [-0.1, -0.05) is 19.1 Å². The molecule has 2 aliphatic rings. The van der Waals surface area contributed by atoms with Gasteiger partial charge in [-0.15, -0.1) is 0 Å². The summed E-state index contributed by atoms with van der Waals surface area (Å²) in [5.41, 5.74) is 4.23. The molecule has 2 aliphatic heterocycles. The Kier molecular flexibility index (Phi) is 7.01. The topological polar surface area (TPSA) is 41.9 Å². The normalized spacial score (nSPS) is 18.3. The molecule has 0 aliphatic carbocycles. The zero-order valence-electron chi connectivity index (χ0n) is 17.2. The van der Waals surface area contributed by atoms with Crippen molar-refractivity contribution in [1.29, 1.82) is 0 Å². The molecule has 2 aromatic rings. The van der Waals surface area contributed by atoms with Crippen LogP contribution < -0.4 is 9.04 Å². The van der Waals surface area contributed by atoms with Crippen molar-refractivity contribution in [3.05, 3.63) is 53.6 Å². The summed E-state index contributed by atoms with van der Waals surface area (Å²) >= 11 is 1.79. The molecule has 4 rings (SSSR count). The van der Waals surface area contributed by atoms with Gasteiger partial charge < -0.3 is 18.9 Å². The van der Waals surface area contributed by atoms with Crippen LogP contribution in [0.15, 0.2) is 47.4 Å². The van der Waals surface area contributed by atoms with Crippen LogP contribution in [0.25, 0.3) is 0 Å². The Morgan fingerprint density at radius 1 is 1.17 bits per heavy atom. The van der Waals surface area contributed by atoms with Crippen LogP contribution in [0.4, 0.5) is 5.69 Å². The Labute approximate surface area is 178 Å². The van der Waals surface area contributed by atoms with Gasteiger partial charge in [-0.25, -0.2) is 0 Å². The second-order valence-corrected chi connectivity index (χ2v) is 8.97. The molecule has 1 unspecified atom stereocenters. The Balaban J connectivity index is 1.40. The molecule has 0 saturated carbocycles. The van der Waals surface area contributed by atoms with Gasteiger partial charge in [0.2, 0.25) is 0 Å². The van der Waals surface area contributed by atoms with Gasteiger partial charge in [-0.05, 0) is 85.5 Å². The Bertz CT molecular complexity index is 789. The molecule has 2 aromatic carbocycles. The van der Waals surface area contributed by atoms with Crippen LogP contribution in [0.3, 0.4) is 0 Å². The molecule has 1 saturated heterocycles. The summed E-state index contributed by atoms with van der Waals surface area (Å²) in [6.45, 7) is 4.85. The van der Waals surface area contributed by atoms with E-state index in [2.05, 4.69) is 41.6 Å². The molecule has 0 radical (unpaired) electrons. The van der Waals surface area contributed by atoms with Gasteiger partial charge in [0.15, 0.2) is 0 Å². The first kappa shape index (κ1) is 20.6. The fourth-order valence-electron chi connectivity index (χ4n) is 4.18. The van der Waals surface area contributed by atoms with Gasteiger partial charge >= 0.3 is 0 Å². The maximum Gasteiger partial charge on any atom is 0.125 e. The number of aryl methyl sites for hydroxylation is 2. The van der Waals surface area contributed by atoms with E-state index >= 15 is 0 Å². The summed E-state index contributed by atoms with van der Waals surface area (Å²) in [4.78, 5) is 1.20. The molecule has 156 valence electrons. The van der Waals surface area contributed by atoms with Gasteiger partial charge in [0.05, 0.1) is 12.3 Å². The molecule has 29 heavy (non-hydrogen) atoms. The summed E-state index contributed by atoms with van der Waals surface area (Å²) < 4.78 is 13.9.